The summed E-state index contributed by atoms with van der Waals surface area (Å²) < 4.78 is 11.1. The van der Waals surface area contributed by atoms with E-state index < -0.39 is 0 Å². The Morgan fingerprint density at radius 2 is 1.89 bits per heavy atom. The number of aryl methyl sites for hydroxylation is 1. The molecule has 3 heteroatoms. The predicted molar refractivity (Wildman–Crippen MR) is 74.9 cm³/mol. The Kier molecular flexibility index (Phi) is 6.94. The van der Waals surface area contributed by atoms with Crippen LogP contribution in [0.15, 0.2) is 24.3 Å². The molecule has 0 spiro atoms. The molecule has 1 atom stereocenters. The number of rotatable bonds is 8. The molecule has 1 aromatic rings. The van der Waals surface area contributed by atoms with Crippen LogP contribution in [0.3, 0.4) is 0 Å². The van der Waals surface area contributed by atoms with E-state index in [2.05, 4.69) is 36.5 Å². The van der Waals surface area contributed by atoms with Gasteiger partial charge in [0.05, 0.1) is 32.0 Å². The van der Waals surface area contributed by atoms with Crippen LogP contribution in [0.4, 0.5) is 0 Å². The molecule has 102 valence electrons. The fourth-order valence-electron chi connectivity index (χ4n) is 1.85. The number of hydrogen-bond donors (Lipinski definition) is 1. The summed E-state index contributed by atoms with van der Waals surface area (Å²) in [4.78, 5) is 0. The zero-order valence-corrected chi connectivity index (χ0v) is 11.9. The maximum atomic E-state index is 5.66. The third-order valence-electron chi connectivity index (χ3n) is 2.88. The van der Waals surface area contributed by atoms with Gasteiger partial charge in [-0.1, -0.05) is 24.3 Å². The minimum atomic E-state index is 0.241. The molecule has 0 aromatic heterocycles. The van der Waals surface area contributed by atoms with Gasteiger partial charge in [-0.2, -0.15) is 0 Å². The molecule has 18 heavy (non-hydrogen) atoms. The minimum absolute atomic E-state index is 0.241. The SMILES string of the molecule is CNC(COCCOC(C)C)c1ccccc1C. The number of nitrogens with one attached hydrogen (secondary N) is 1. The molecule has 1 aromatic carbocycles. The summed E-state index contributed by atoms with van der Waals surface area (Å²) in [6.07, 6.45) is 0.269. The average molecular weight is 251 g/mol. The topological polar surface area (TPSA) is 30.5 Å². The van der Waals surface area contributed by atoms with Crippen molar-refractivity contribution in [2.45, 2.75) is 32.9 Å². The molecule has 0 amide bonds. The second kappa shape index (κ2) is 8.25. The molecule has 0 saturated heterocycles. The van der Waals surface area contributed by atoms with Crippen molar-refractivity contribution in [3.8, 4) is 0 Å². The molecule has 0 aliphatic rings. The third kappa shape index (κ3) is 5.17. The molecule has 0 heterocycles. The summed E-state index contributed by atoms with van der Waals surface area (Å²) >= 11 is 0. The molecule has 1 rings (SSSR count). The van der Waals surface area contributed by atoms with Crippen molar-refractivity contribution in [3.05, 3.63) is 35.4 Å². The van der Waals surface area contributed by atoms with Crippen molar-refractivity contribution in [1.82, 2.24) is 5.32 Å². The molecule has 0 saturated carbocycles. The lowest BCUT2D eigenvalue weighted by Crippen LogP contribution is -2.23. The second-order valence-corrected chi connectivity index (χ2v) is 4.69. The third-order valence-corrected chi connectivity index (χ3v) is 2.88. The average Bonchev–Trinajstić information content (AvgIpc) is 2.35. The van der Waals surface area contributed by atoms with Crippen LogP contribution in [0.1, 0.15) is 31.0 Å². The molecular weight excluding hydrogens is 226 g/mol. The normalized spacial score (nSPS) is 12.9. The summed E-state index contributed by atoms with van der Waals surface area (Å²) in [7, 11) is 1.96. The van der Waals surface area contributed by atoms with Crippen LogP contribution in [0.2, 0.25) is 0 Å². The zero-order chi connectivity index (χ0) is 13.4. The fourth-order valence-corrected chi connectivity index (χ4v) is 1.85. The number of benzene rings is 1. The Bertz CT molecular complexity index is 339. The molecule has 3 nitrogen and oxygen atoms in total. The van der Waals surface area contributed by atoms with Gasteiger partial charge in [0.25, 0.3) is 0 Å². The highest BCUT2D eigenvalue weighted by Gasteiger charge is 2.11. The molecule has 0 aliphatic carbocycles. The van der Waals surface area contributed by atoms with Crippen LogP contribution in [-0.2, 0) is 9.47 Å². The summed E-state index contributed by atoms with van der Waals surface area (Å²) in [6, 6.07) is 8.63. The van der Waals surface area contributed by atoms with Gasteiger partial charge in [0.1, 0.15) is 0 Å². The summed E-state index contributed by atoms with van der Waals surface area (Å²) in [5, 5.41) is 3.29. The Morgan fingerprint density at radius 3 is 2.50 bits per heavy atom. The van der Waals surface area contributed by atoms with Gasteiger partial charge in [-0.3, -0.25) is 0 Å². The quantitative estimate of drug-likeness (QED) is 0.721. The van der Waals surface area contributed by atoms with Gasteiger partial charge in [-0.15, -0.1) is 0 Å². The number of hydrogen-bond acceptors (Lipinski definition) is 3. The van der Waals surface area contributed by atoms with E-state index in [1.165, 1.54) is 11.1 Å². The highest BCUT2D eigenvalue weighted by atomic mass is 16.5. The molecule has 1 N–H and O–H groups in total. The van der Waals surface area contributed by atoms with E-state index >= 15 is 0 Å². The van der Waals surface area contributed by atoms with Crippen LogP contribution in [0.5, 0.6) is 0 Å². The number of ether oxygens (including phenoxy) is 2. The van der Waals surface area contributed by atoms with Gasteiger partial charge in [-0.05, 0) is 38.9 Å². The maximum Gasteiger partial charge on any atom is 0.0703 e. The van der Waals surface area contributed by atoms with Gasteiger partial charge in [-0.25, -0.2) is 0 Å². The lowest BCUT2D eigenvalue weighted by atomic mass is 10.0. The van der Waals surface area contributed by atoms with Crippen molar-refractivity contribution in [2.24, 2.45) is 0 Å². The van der Waals surface area contributed by atoms with Gasteiger partial charge in [0.2, 0.25) is 0 Å². The fraction of sp³-hybridized carbons (Fsp3) is 0.600. The maximum absolute atomic E-state index is 5.66. The standard InChI is InChI=1S/C15H25NO2/c1-12(2)18-10-9-17-11-15(16-4)14-8-6-5-7-13(14)3/h5-8,12,15-16H,9-11H2,1-4H3. The Balaban J connectivity index is 2.36. The van der Waals surface area contributed by atoms with Gasteiger partial charge in [0, 0.05) is 0 Å². The van der Waals surface area contributed by atoms with E-state index in [1.54, 1.807) is 0 Å². The molecule has 0 radical (unpaired) electrons. The summed E-state index contributed by atoms with van der Waals surface area (Å²) in [5.74, 6) is 0. The first-order valence-electron chi connectivity index (χ1n) is 6.57. The van der Waals surface area contributed by atoms with Crippen molar-refractivity contribution in [3.63, 3.8) is 0 Å². The van der Waals surface area contributed by atoms with E-state index in [9.17, 15) is 0 Å². The largest absolute Gasteiger partial charge is 0.377 e. The smallest absolute Gasteiger partial charge is 0.0703 e. The zero-order valence-electron chi connectivity index (χ0n) is 11.9. The molecule has 1 unspecified atom stereocenters. The Labute approximate surface area is 110 Å². The lowest BCUT2D eigenvalue weighted by molar-refractivity contribution is 0.0141. The summed E-state index contributed by atoms with van der Waals surface area (Å²) in [6.45, 7) is 8.15. The predicted octanol–water partition coefficient (Wildman–Crippen LogP) is 2.70. The van der Waals surface area contributed by atoms with Crippen LogP contribution in [0, 0.1) is 6.92 Å². The summed E-state index contributed by atoms with van der Waals surface area (Å²) in [5.41, 5.74) is 2.59. The van der Waals surface area contributed by atoms with Crippen LogP contribution in [-0.4, -0.2) is 33.0 Å². The minimum Gasteiger partial charge on any atom is -0.377 e. The van der Waals surface area contributed by atoms with E-state index in [-0.39, 0.29) is 12.1 Å². The first-order chi connectivity index (χ1) is 8.65. The highest BCUT2D eigenvalue weighted by Crippen LogP contribution is 2.17. The monoisotopic (exact) mass is 251 g/mol. The lowest BCUT2D eigenvalue weighted by Gasteiger charge is -2.19. The molecule has 0 aliphatic heterocycles. The highest BCUT2D eigenvalue weighted by molar-refractivity contribution is 5.28. The van der Waals surface area contributed by atoms with E-state index in [1.807, 2.05) is 20.9 Å². The second-order valence-electron chi connectivity index (χ2n) is 4.69. The molecule has 0 fully saturated rings. The first-order valence-corrected chi connectivity index (χ1v) is 6.57. The molecular formula is C15H25NO2. The van der Waals surface area contributed by atoms with E-state index in [0.717, 1.165) is 0 Å². The molecule has 0 bridgehead atoms. The number of likely N-dealkylation sites (N-methyl/N-ethyl adjacent to an activating group) is 1. The Morgan fingerprint density at radius 1 is 1.17 bits per heavy atom. The van der Waals surface area contributed by atoms with Gasteiger partial charge < -0.3 is 14.8 Å². The van der Waals surface area contributed by atoms with Crippen molar-refractivity contribution < 1.29 is 9.47 Å². The van der Waals surface area contributed by atoms with Gasteiger partial charge in [0.15, 0.2) is 0 Å². The van der Waals surface area contributed by atoms with Crippen molar-refractivity contribution in [2.75, 3.05) is 26.9 Å². The van der Waals surface area contributed by atoms with Crippen LogP contribution >= 0.6 is 0 Å². The first kappa shape index (κ1) is 15.2. The van der Waals surface area contributed by atoms with Crippen LogP contribution < -0.4 is 5.32 Å². The van der Waals surface area contributed by atoms with E-state index in [0.29, 0.717) is 19.8 Å². The van der Waals surface area contributed by atoms with Crippen molar-refractivity contribution in [1.29, 1.82) is 0 Å². The van der Waals surface area contributed by atoms with Gasteiger partial charge >= 0.3 is 0 Å². The Hall–Kier alpha value is -0.900. The van der Waals surface area contributed by atoms with E-state index in [4.69, 9.17) is 9.47 Å². The van der Waals surface area contributed by atoms with Crippen LogP contribution in [0.25, 0.3) is 0 Å². The van der Waals surface area contributed by atoms with Crippen molar-refractivity contribution >= 4 is 0 Å².